The van der Waals surface area contributed by atoms with Crippen molar-refractivity contribution in [2.75, 3.05) is 13.2 Å². The SMILES string of the molecule is O=C(O)CCNS(=O)(=O)c1ccc2c(c1)C(=O)CCO2. The third-order valence-electron chi connectivity index (χ3n) is 2.78. The van der Waals surface area contributed by atoms with Crippen LogP contribution < -0.4 is 9.46 Å². The topological polar surface area (TPSA) is 110 Å². The third-order valence-corrected chi connectivity index (χ3v) is 4.24. The summed E-state index contributed by atoms with van der Waals surface area (Å²) < 4.78 is 31.3. The fourth-order valence-corrected chi connectivity index (χ4v) is 2.84. The average molecular weight is 299 g/mol. The number of fused-ring (bicyclic) bond motifs is 1. The molecule has 0 aliphatic carbocycles. The number of carbonyl (C=O) groups excluding carboxylic acids is 1. The largest absolute Gasteiger partial charge is 0.492 e. The summed E-state index contributed by atoms with van der Waals surface area (Å²) in [5, 5.41) is 8.48. The highest BCUT2D eigenvalue weighted by Crippen LogP contribution is 2.27. The summed E-state index contributed by atoms with van der Waals surface area (Å²) in [5.74, 6) is -0.902. The number of carboxylic acid groups (broad SMARTS) is 1. The molecule has 1 aromatic carbocycles. The molecule has 7 nitrogen and oxygen atoms in total. The van der Waals surface area contributed by atoms with Gasteiger partial charge in [0.05, 0.1) is 23.5 Å². The maximum Gasteiger partial charge on any atom is 0.304 e. The van der Waals surface area contributed by atoms with Gasteiger partial charge in [0.1, 0.15) is 5.75 Å². The van der Waals surface area contributed by atoms with Gasteiger partial charge in [0.2, 0.25) is 10.0 Å². The lowest BCUT2D eigenvalue weighted by Crippen LogP contribution is -2.26. The monoisotopic (exact) mass is 299 g/mol. The van der Waals surface area contributed by atoms with Gasteiger partial charge in [-0.1, -0.05) is 0 Å². The van der Waals surface area contributed by atoms with Gasteiger partial charge < -0.3 is 9.84 Å². The normalized spacial score (nSPS) is 14.5. The number of sulfonamides is 1. The summed E-state index contributed by atoms with van der Waals surface area (Å²) in [7, 11) is -3.83. The van der Waals surface area contributed by atoms with Crippen molar-refractivity contribution in [1.29, 1.82) is 0 Å². The lowest BCUT2D eigenvalue weighted by molar-refractivity contribution is -0.136. The van der Waals surface area contributed by atoms with Crippen molar-refractivity contribution in [1.82, 2.24) is 4.72 Å². The van der Waals surface area contributed by atoms with Gasteiger partial charge in [-0.05, 0) is 18.2 Å². The molecule has 1 aliphatic heterocycles. The minimum absolute atomic E-state index is 0.0829. The number of hydrogen-bond donors (Lipinski definition) is 2. The summed E-state index contributed by atoms with van der Waals surface area (Å²) >= 11 is 0. The van der Waals surface area contributed by atoms with Gasteiger partial charge in [-0.15, -0.1) is 0 Å². The van der Waals surface area contributed by atoms with Crippen LogP contribution in [0.25, 0.3) is 0 Å². The molecule has 0 saturated heterocycles. The number of hydrogen-bond acceptors (Lipinski definition) is 5. The Morgan fingerprint density at radius 2 is 2.15 bits per heavy atom. The van der Waals surface area contributed by atoms with E-state index in [1.807, 2.05) is 0 Å². The standard InChI is InChI=1S/C12H13NO6S/c14-10-4-6-19-11-2-1-8(7-9(10)11)20(17,18)13-5-3-12(15)16/h1-2,7,13H,3-6H2,(H,15,16). The molecule has 20 heavy (non-hydrogen) atoms. The van der Waals surface area contributed by atoms with Crippen LogP contribution in [0.4, 0.5) is 0 Å². The van der Waals surface area contributed by atoms with Crippen LogP contribution in [0.3, 0.4) is 0 Å². The molecule has 0 bridgehead atoms. The maximum atomic E-state index is 11.9. The molecule has 0 radical (unpaired) electrons. The Morgan fingerprint density at radius 3 is 2.85 bits per heavy atom. The van der Waals surface area contributed by atoms with Crippen LogP contribution in [0.2, 0.25) is 0 Å². The van der Waals surface area contributed by atoms with Crippen molar-refractivity contribution in [2.45, 2.75) is 17.7 Å². The molecule has 1 heterocycles. The Balaban J connectivity index is 2.22. The molecule has 2 rings (SSSR count). The lowest BCUT2D eigenvalue weighted by atomic mass is 10.1. The van der Waals surface area contributed by atoms with Gasteiger partial charge in [-0.3, -0.25) is 9.59 Å². The lowest BCUT2D eigenvalue weighted by Gasteiger charge is -2.17. The fraction of sp³-hybridized carbons (Fsp3) is 0.333. The number of carbonyl (C=O) groups is 2. The first-order chi connectivity index (χ1) is 9.40. The Kier molecular flexibility index (Phi) is 4.05. The number of aliphatic carboxylic acids is 1. The van der Waals surface area contributed by atoms with E-state index in [0.717, 1.165) is 0 Å². The number of carboxylic acids is 1. The molecule has 0 fully saturated rings. The molecular formula is C12H13NO6S. The number of ether oxygens (including phenoxy) is 1. The van der Waals surface area contributed by atoms with Crippen molar-refractivity contribution in [3.05, 3.63) is 23.8 Å². The minimum atomic E-state index is -3.83. The smallest absolute Gasteiger partial charge is 0.304 e. The van der Waals surface area contributed by atoms with Crippen molar-refractivity contribution < 1.29 is 27.9 Å². The fourth-order valence-electron chi connectivity index (χ4n) is 1.78. The van der Waals surface area contributed by atoms with Crippen LogP contribution in [0, 0.1) is 0 Å². The van der Waals surface area contributed by atoms with E-state index in [-0.39, 0.29) is 42.2 Å². The summed E-state index contributed by atoms with van der Waals surface area (Å²) in [4.78, 5) is 22.0. The Morgan fingerprint density at radius 1 is 1.40 bits per heavy atom. The molecule has 0 saturated carbocycles. The zero-order valence-electron chi connectivity index (χ0n) is 10.5. The molecule has 8 heteroatoms. The number of nitrogens with one attached hydrogen (secondary N) is 1. The van der Waals surface area contributed by atoms with Crippen LogP contribution in [0.1, 0.15) is 23.2 Å². The quantitative estimate of drug-likeness (QED) is 0.814. The van der Waals surface area contributed by atoms with Gasteiger partial charge in [-0.2, -0.15) is 0 Å². The molecule has 0 spiro atoms. The number of rotatable bonds is 5. The second kappa shape index (κ2) is 5.59. The number of ketones is 1. The van der Waals surface area contributed by atoms with Gasteiger partial charge in [0, 0.05) is 13.0 Å². The molecule has 1 aromatic rings. The zero-order valence-corrected chi connectivity index (χ0v) is 11.3. The maximum absolute atomic E-state index is 11.9. The second-order valence-corrected chi connectivity index (χ2v) is 5.99. The second-order valence-electron chi connectivity index (χ2n) is 4.22. The van der Waals surface area contributed by atoms with Crippen molar-refractivity contribution in [3.63, 3.8) is 0 Å². The zero-order chi connectivity index (χ0) is 14.8. The van der Waals surface area contributed by atoms with Gasteiger partial charge >= 0.3 is 5.97 Å². The first kappa shape index (κ1) is 14.5. The summed E-state index contributed by atoms with van der Waals surface area (Å²) in [6, 6.07) is 4.00. The van der Waals surface area contributed by atoms with Crippen LogP contribution >= 0.6 is 0 Å². The van der Waals surface area contributed by atoms with Crippen LogP contribution in [-0.4, -0.2) is 38.4 Å². The molecule has 1 aliphatic rings. The predicted molar refractivity (Wildman–Crippen MR) is 68.3 cm³/mol. The van der Waals surface area contributed by atoms with Crippen LogP contribution in [0.15, 0.2) is 23.1 Å². The summed E-state index contributed by atoms with van der Waals surface area (Å²) in [6.45, 7) is 0.0774. The van der Waals surface area contributed by atoms with Gasteiger partial charge in [0.25, 0.3) is 0 Å². The molecule has 0 unspecified atom stereocenters. The Bertz CT molecular complexity index is 652. The predicted octanol–water partition coefficient (Wildman–Crippen LogP) is 0.405. The van der Waals surface area contributed by atoms with Gasteiger partial charge in [0.15, 0.2) is 5.78 Å². The van der Waals surface area contributed by atoms with E-state index in [0.29, 0.717) is 5.75 Å². The molecule has 0 amide bonds. The van der Waals surface area contributed by atoms with Crippen molar-refractivity contribution in [2.24, 2.45) is 0 Å². The van der Waals surface area contributed by atoms with Crippen LogP contribution in [0.5, 0.6) is 5.75 Å². The van der Waals surface area contributed by atoms with E-state index in [4.69, 9.17) is 9.84 Å². The molecule has 0 aromatic heterocycles. The molecular weight excluding hydrogens is 286 g/mol. The molecule has 0 atom stereocenters. The first-order valence-corrected chi connectivity index (χ1v) is 7.40. The summed E-state index contributed by atoms with van der Waals surface area (Å²) in [6.07, 6.45) is -0.102. The van der Waals surface area contributed by atoms with E-state index < -0.39 is 16.0 Å². The van der Waals surface area contributed by atoms with E-state index in [2.05, 4.69) is 4.72 Å². The van der Waals surface area contributed by atoms with E-state index in [1.54, 1.807) is 0 Å². The number of benzene rings is 1. The Hall–Kier alpha value is -1.93. The van der Waals surface area contributed by atoms with E-state index in [1.165, 1.54) is 18.2 Å². The highest BCUT2D eigenvalue weighted by molar-refractivity contribution is 7.89. The summed E-state index contributed by atoms with van der Waals surface area (Å²) in [5.41, 5.74) is 0.234. The third kappa shape index (κ3) is 3.14. The molecule has 108 valence electrons. The number of Topliss-reactive ketones (excluding diaryl/α,β-unsaturated/α-hetero) is 1. The first-order valence-electron chi connectivity index (χ1n) is 5.91. The van der Waals surface area contributed by atoms with Gasteiger partial charge in [-0.25, -0.2) is 13.1 Å². The molecule has 2 N–H and O–H groups in total. The highest BCUT2D eigenvalue weighted by Gasteiger charge is 2.22. The highest BCUT2D eigenvalue weighted by atomic mass is 32.2. The average Bonchev–Trinajstić information content (AvgIpc) is 2.38. The van der Waals surface area contributed by atoms with E-state index in [9.17, 15) is 18.0 Å². The Labute approximate surface area is 115 Å². The van der Waals surface area contributed by atoms with Crippen molar-refractivity contribution >= 4 is 21.8 Å². The van der Waals surface area contributed by atoms with E-state index >= 15 is 0 Å². The minimum Gasteiger partial charge on any atom is -0.492 e. The van der Waals surface area contributed by atoms with Crippen LogP contribution in [-0.2, 0) is 14.8 Å². The van der Waals surface area contributed by atoms with Crippen molar-refractivity contribution in [3.8, 4) is 5.75 Å².